The first-order chi connectivity index (χ1) is 13.9. The van der Waals surface area contributed by atoms with Gasteiger partial charge < -0.3 is 9.47 Å². The van der Waals surface area contributed by atoms with Crippen LogP contribution >= 0.6 is 31.9 Å². The lowest BCUT2D eigenvalue weighted by Gasteiger charge is -2.12. The molecule has 0 aliphatic rings. The summed E-state index contributed by atoms with van der Waals surface area (Å²) in [6.45, 7) is 4.54. The molecule has 0 unspecified atom stereocenters. The van der Waals surface area contributed by atoms with E-state index < -0.39 is 11.8 Å². The molecule has 8 heteroatoms. The number of ether oxygens (including phenoxy) is 2. The van der Waals surface area contributed by atoms with E-state index in [9.17, 15) is 9.59 Å². The lowest BCUT2D eigenvalue weighted by molar-refractivity contribution is -0.123. The Morgan fingerprint density at radius 1 is 0.931 bits per heavy atom. The van der Waals surface area contributed by atoms with Crippen LogP contribution in [0.25, 0.3) is 0 Å². The van der Waals surface area contributed by atoms with Crippen molar-refractivity contribution < 1.29 is 19.1 Å². The molecule has 0 saturated heterocycles. The van der Waals surface area contributed by atoms with Gasteiger partial charge in [0.05, 0.1) is 15.6 Å². The highest BCUT2D eigenvalue weighted by Gasteiger charge is 2.11. The fraction of sp³-hybridized carbons (Fsp3) is 0.333. The molecule has 2 aromatic carbocycles. The fourth-order valence-electron chi connectivity index (χ4n) is 2.34. The molecule has 0 spiro atoms. The topological polar surface area (TPSA) is 76.7 Å². The largest absolute Gasteiger partial charge is 0.492 e. The molecule has 0 saturated carbocycles. The molecular weight excluding hydrogens is 504 g/mol. The average molecular weight is 528 g/mol. The van der Waals surface area contributed by atoms with Gasteiger partial charge in [-0.25, -0.2) is 0 Å². The van der Waals surface area contributed by atoms with Crippen LogP contribution < -0.4 is 20.3 Å². The van der Waals surface area contributed by atoms with Gasteiger partial charge in [-0.2, -0.15) is 0 Å². The fourth-order valence-corrected chi connectivity index (χ4v) is 3.38. The Hall–Kier alpha value is -2.06. The predicted molar refractivity (Wildman–Crippen MR) is 119 cm³/mol. The van der Waals surface area contributed by atoms with Gasteiger partial charge in [-0.15, -0.1) is 0 Å². The van der Waals surface area contributed by atoms with Crippen LogP contribution in [0.2, 0.25) is 0 Å². The van der Waals surface area contributed by atoms with E-state index in [1.54, 1.807) is 24.3 Å². The number of hydrogen-bond acceptors (Lipinski definition) is 4. The SMILES string of the molecule is CCCCOc1ccc(C(=O)NNC(=O)COc2ccc(CC)cc2Br)cc1Br. The summed E-state index contributed by atoms with van der Waals surface area (Å²) in [7, 11) is 0. The first-order valence-corrected chi connectivity index (χ1v) is 11.0. The summed E-state index contributed by atoms with van der Waals surface area (Å²) < 4.78 is 12.6. The van der Waals surface area contributed by atoms with E-state index in [-0.39, 0.29) is 6.61 Å². The third kappa shape index (κ3) is 7.36. The molecule has 0 aliphatic carbocycles. The summed E-state index contributed by atoms with van der Waals surface area (Å²) in [5.74, 6) is 0.328. The lowest BCUT2D eigenvalue weighted by Crippen LogP contribution is -2.43. The molecule has 156 valence electrons. The molecule has 0 atom stereocenters. The van der Waals surface area contributed by atoms with Gasteiger partial charge >= 0.3 is 0 Å². The summed E-state index contributed by atoms with van der Waals surface area (Å²) in [5.41, 5.74) is 6.27. The van der Waals surface area contributed by atoms with Crippen molar-refractivity contribution in [3.8, 4) is 11.5 Å². The summed E-state index contributed by atoms with van der Waals surface area (Å²) in [6.07, 6.45) is 2.91. The second-order valence-electron chi connectivity index (χ2n) is 6.26. The first kappa shape index (κ1) is 23.2. The number of carbonyl (C=O) groups excluding carboxylic acids is 2. The number of nitrogens with one attached hydrogen (secondary N) is 2. The number of rotatable bonds is 9. The smallest absolute Gasteiger partial charge is 0.276 e. The van der Waals surface area contributed by atoms with Crippen LogP contribution in [0.15, 0.2) is 45.3 Å². The van der Waals surface area contributed by atoms with Crippen molar-refractivity contribution in [1.29, 1.82) is 0 Å². The molecule has 0 fully saturated rings. The van der Waals surface area contributed by atoms with Crippen molar-refractivity contribution in [2.24, 2.45) is 0 Å². The second kappa shape index (κ2) is 11.8. The molecule has 29 heavy (non-hydrogen) atoms. The van der Waals surface area contributed by atoms with Crippen LogP contribution in [-0.2, 0) is 11.2 Å². The number of hydrogen-bond donors (Lipinski definition) is 2. The number of carbonyl (C=O) groups is 2. The Balaban J connectivity index is 1.82. The van der Waals surface area contributed by atoms with Crippen LogP contribution in [0, 0.1) is 0 Å². The van der Waals surface area contributed by atoms with Crippen molar-refractivity contribution in [2.45, 2.75) is 33.1 Å². The zero-order chi connectivity index (χ0) is 21.2. The van der Waals surface area contributed by atoms with Gasteiger partial charge in [0.25, 0.3) is 11.8 Å². The van der Waals surface area contributed by atoms with E-state index in [0.29, 0.717) is 28.1 Å². The second-order valence-corrected chi connectivity index (χ2v) is 7.97. The van der Waals surface area contributed by atoms with E-state index in [4.69, 9.17) is 9.47 Å². The number of amides is 2. The van der Waals surface area contributed by atoms with Gasteiger partial charge in [0.1, 0.15) is 11.5 Å². The molecule has 0 radical (unpaired) electrons. The van der Waals surface area contributed by atoms with E-state index >= 15 is 0 Å². The first-order valence-electron chi connectivity index (χ1n) is 9.37. The maximum Gasteiger partial charge on any atom is 0.276 e. The third-order valence-corrected chi connectivity index (χ3v) is 5.27. The Morgan fingerprint density at radius 3 is 2.28 bits per heavy atom. The Morgan fingerprint density at radius 2 is 1.62 bits per heavy atom. The molecule has 0 aliphatic heterocycles. The van der Waals surface area contributed by atoms with Crippen molar-refractivity contribution in [3.63, 3.8) is 0 Å². The number of aryl methyl sites for hydroxylation is 1. The van der Waals surface area contributed by atoms with Crippen LogP contribution in [0.5, 0.6) is 11.5 Å². The highest BCUT2D eigenvalue weighted by Crippen LogP contribution is 2.27. The normalized spacial score (nSPS) is 10.3. The van der Waals surface area contributed by atoms with Gasteiger partial charge in [-0.3, -0.25) is 20.4 Å². The summed E-state index contributed by atoms with van der Waals surface area (Å²) in [5, 5.41) is 0. The van der Waals surface area contributed by atoms with Crippen molar-refractivity contribution in [3.05, 3.63) is 56.5 Å². The minimum atomic E-state index is -0.469. The molecule has 0 heterocycles. The molecule has 2 rings (SSSR count). The van der Waals surface area contributed by atoms with Gasteiger partial charge in [0.2, 0.25) is 0 Å². The molecule has 2 amide bonds. The van der Waals surface area contributed by atoms with Gasteiger partial charge in [0, 0.05) is 5.56 Å². The van der Waals surface area contributed by atoms with Crippen molar-refractivity contribution in [1.82, 2.24) is 10.9 Å². The molecule has 0 bridgehead atoms. The number of unbranched alkanes of at least 4 members (excludes halogenated alkanes) is 1. The standard InChI is InChI=1S/C21H24Br2N2O4/c1-3-5-10-28-18-9-7-15(12-17(18)23)21(27)25-24-20(26)13-29-19-8-6-14(4-2)11-16(19)22/h6-9,11-12H,3-5,10,13H2,1-2H3,(H,24,26)(H,25,27). The third-order valence-electron chi connectivity index (χ3n) is 4.03. The quantitative estimate of drug-likeness (QED) is 0.363. The average Bonchev–Trinajstić information content (AvgIpc) is 2.72. The molecule has 2 N–H and O–H groups in total. The minimum Gasteiger partial charge on any atom is -0.492 e. The molecule has 0 aromatic heterocycles. The highest BCUT2D eigenvalue weighted by molar-refractivity contribution is 9.10. The van der Waals surface area contributed by atoms with Crippen LogP contribution in [0.1, 0.15) is 42.6 Å². The number of hydrazine groups is 1. The summed E-state index contributed by atoms with van der Waals surface area (Å²) >= 11 is 6.82. The Labute approximate surface area is 187 Å². The Kier molecular flexibility index (Phi) is 9.47. The summed E-state index contributed by atoms with van der Waals surface area (Å²) in [4.78, 5) is 24.2. The van der Waals surface area contributed by atoms with Gasteiger partial charge in [0.15, 0.2) is 6.61 Å². The van der Waals surface area contributed by atoms with E-state index in [1.807, 2.05) is 12.1 Å². The monoisotopic (exact) mass is 526 g/mol. The van der Waals surface area contributed by atoms with Gasteiger partial charge in [-0.1, -0.05) is 26.3 Å². The van der Waals surface area contributed by atoms with Crippen molar-refractivity contribution in [2.75, 3.05) is 13.2 Å². The molecular formula is C21H24Br2N2O4. The van der Waals surface area contributed by atoms with Crippen molar-refractivity contribution >= 4 is 43.7 Å². The Bertz CT molecular complexity index is 859. The molecule has 6 nitrogen and oxygen atoms in total. The van der Waals surface area contributed by atoms with Crippen LogP contribution in [0.4, 0.5) is 0 Å². The van der Waals surface area contributed by atoms with E-state index in [0.717, 1.165) is 29.3 Å². The highest BCUT2D eigenvalue weighted by atomic mass is 79.9. The van der Waals surface area contributed by atoms with E-state index in [1.165, 1.54) is 0 Å². The maximum atomic E-state index is 12.2. The van der Waals surface area contributed by atoms with E-state index in [2.05, 4.69) is 56.6 Å². The maximum absolute atomic E-state index is 12.2. The molecule has 2 aromatic rings. The zero-order valence-electron chi connectivity index (χ0n) is 16.4. The zero-order valence-corrected chi connectivity index (χ0v) is 19.6. The van der Waals surface area contributed by atoms with Gasteiger partial charge in [-0.05, 0) is 80.6 Å². The predicted octanol–water partition coefficient (Wildman–Crippen LogP) is 4.79. The van der Waals surface area contributed by atoms with Crippen LogP contribution in [0.3, 0.4) is 0 Å². The minimum absolute atomic E-state index is 0.224. The number of halogens is 2. The number of benzene rings is 2. The summed E-state index contributed by atoms with van der Waals surface area (Å²) in [6, 6.07) is 10.7. The van der Waals surface area contributed by atoms with Crippen LogP contribution in [-0.4, -0.2) is 25.0 Å². The lowest BCUT2D eigenvalue weighted by atomic mass is 10.2.